The van der Waals surface area contributed by atoms with Gasteiger partial charge in [-0.2, -0.15) is 11.8 Å². The first-order valence-corrected chi connectivity index (χ1v) is 8.46. The molecule has 2 heterocycles. The summed E-state index contributed by atoms with van der Waals surface area (Å²) in [5, 5.41) is 6.42. The number of fused-ring (bicyclic) bond motifs is 1. The van der Waals surface area contributed by atoms with E-state index in [1.165, 1.54) is 0 Å². The van der Waals surface area contributed by atoms with Gasteiger partial charge >= 0.3 is 6.03 Å². The Labute approximate surface area is 124 Å². The van der Waals surface area contributed by atoms with E-state index in [1.807, 2.05) is 11.8 Å². The molecule has 0 radical (unpaired) electrons. The van der Waals surface area contributed by atoms with E-state index >= 15 is 0 Å². The van der Waals surface area contributed by atoms with Crippen LogP contribution in [0.2, 0.25) is 0 Å². The smallest absolute Gasteiger partial charge is 0.315 e. The van der Waals surface area contributed by atoms with Crippen molar-refractivity contribution in [1.82, 2.24) is 21.5 Å². The van der Waals surface area contributed by atoms with Crippen LogP contribution in [-0.2, 0) is 4.79 Å². The summed E-state index contributed by atoms with van der Waals surface area (Å²) in [4.78, 5) is 22.7. The van der Waals surface area contributed by atoms with Gasteiger partial charge in [-0.3, -0.25) is 10.2 Å². The monoisotopic (exact) mass is 300 g/mol. The lowest BCUT2D eigenvalue weighted by atomic mass is 10.0. The maximum absolute atomic E-state index is 11.5. The highest BCUT2D eigenvalue weighted by atomic mass is 32.2. The van der Waals surface area contributed by atoms with E-state index in [4.69, 9.17) is 0 Å². The van der Waals surface area contributed by atoms with Gasteiger partial charge in [-0.25, -0.2) is 10.2 Å². The van der Waals surface area contributed by atoms with Crippen LogP contribution in [0.25, 0.3) is 0 Å². The van der Waals surface area contributed by atoms with E-state index in [-0.39, 0.29) is 18.0 Å². The predicted molar refractivity (Wildman–Crippen MR) is 80.4 cm³/mol. The molecule has 0 aromatic rings. The molecule has 114 valence electrons. The fourth-order valence-corrected chi connectivity index (χ4v) is 4.17. The van der Waals surface area contributed by atoms with Crippen LogP contribution in [0.1, 0.15) is 39.0 Å². The van der Waals surface area contributed by atoms with Crippen molar-refractivity contribution in [2.45, 2.75) is 56.4 Å². The van der Waals surface area contributed by atoms with Gasteiger partial charge in [-0.15, -0.1) is 0 Å². The van der Waals surface area contributed by atoms with E-state index in [9.17, 15) is 9.59 Å². The van der Waals surface area contributed by atoms with Crippen molar-refractivity contribution < 1.29 is 9.59 Å². The zero-order chi connectivity index (χ0) is 14.4. The SMILES string of the molecule is CCCNNC(=O)CCCC[C@@H]1SC[C@@H]2NC(=O)N[C@@H]21. The molecular weight excluding hydrogens is 276 g/mol. The standard InChI is InChI=1S/C13H24N4O2S/c1-2-7-14-17-11(18)6-4-3-5-10-12-9(8-20-10)15-13(19)16-12/h9-10,12,14H,2-8H2,1H3,(H,17,18)(H2,15,16,19)/t9-,10-,12-/m0/s1. The molecule has 2 aliphatic rings. The van der Waals surface area contributed by atoms with E-state index < -0.39 is 0 Å². The molecule has 2 saturated heterocycles. The maximum Gasteiger partial charge on any atom is 0.315 e. The van der Waals surface area contributed by atoms with Gasteiger partial charge in [0.15, 0.2) is 0 Å². The van der Waals surface area contributed by atoms with Crippen molar-refractivity contribution in [3.63, 3.8) is 0 Å². The Morgan fingerprint density at radius 2 is 2.25 bits per heavy atom. The molecule has 3 amide bonds. The average molecular weight is 300 g/mol. The van der Waals surface area contributed by atoms with Gasteiger partial charge in [0.05, 0.1) is 12.1 Å². The van der Waals surface area contributed by atoms with E-state index in [1.54, 1.807) is 0 Å². The maximum atomic E-state index is 11.5. The van der Waals surface area contributed by atoms with E-state index in [0.29, 0.717) is 17.7 Å². The van der Waals surface area contributed by atoms with Crippen molar-refractivity contribution in [1.29, 1.82) is 0 Å². The number of thioether (sulfide) groups is 1. The summed E-state index contributed by atoms with van der Waals surface area (Å²) in [5.74, 6) is 1.06. The number of carbonyl (C=O) groups is 2. The number of unbranched alkanes of at least 4 members (excludes halogenated alkanes) is 1. The Morgan fingerprint density at radius 1 is 1.40 bits per heavy atom. The molecule has 0 aromatic heterocycles. The zero-order valence-electron chi connectivity index (χ0n) is 11.9. The molecule has 20 heavy (non-hydrogen) atoms. The highest BCUT2D eigenvalue weighted by Crippen LogP contribution is 2.33. The van der Waals surface area contributed by atoms with Crippen LogP contribution >= 0.6 is 11.8 Å². The van der Waals surface area contributed by atoms with Gasteiger partial charge in [-0.05, 0) is 19.3 Å². The van der Waals surface area contributed by atoms with Gasteiger partial charge in [-0.1, -0.05) is 13.3 Å². The first-order chi connectivity index (χ1) is 9.70. The summed E-state index contributed by atoms with van der Waals surface area (Å²) in [7, 11) is 0. The quantitative estimate of drug-likeness (QED) is 0.303. The molecule has 0 aromatic carbocycles. The highest BCUT2D eigenvalue weighted by molar-refractivity contribution is 8.00. The summed E-state index contributed by atoms with van der Waals surface area (Å²) in [6.07, 6.45) is 4.55. The molecule has 2 aliphatic heterocycles. The van der Waals surface area contributed by atoms with Gasteiger partial charge in [0.2, 0.25) is 5.91 Å². The Kier molecular flexibility index (Phi) is 5.97. The number of hydrazine groups is 1. The fourth-order valence-electron chi connectivity index (χ4n) is 2.62. The van der Waals surface area contributed by atoms with Crippen LogP contribution in [0.4, 0.5) is 4.79 Å². The molecule has 0 spiro atoms. The second kappa shape index (κ2) is 7.73. The minimum Gasteiger partial charge on any atom is -0.332 e. The average Bonchev–Trinajstić information content (AvgIpc) is 2.95. The summed E-state index contributed by atoms with van der Waals surface area (Å²) in [5.41, 5.74) is 5.59. The fraction of sp³-hybridized carbons (Fsp3) is 0.846. The summed E-state index contributed by atoms with van der Waals surface area (Å²) < 4.78 is 0. The largest absolute Gasteiger partial charge is 0.332 e. The molecule has 0 bridgehead atoms. The Morgan fingerprint density at radius 3 is 3.05 bits per heavy atom. The third kappa shape index (κ3) is 4.28. The van der Waals surface area contributed by atoms with Crippen molar-refractivity contribution in [3.8, 4) is 0 Å². The molecule has 7 heteroatoms. The van der Waals surface area contributed by atoms with Crippen molar-refractivity contribution in [2.24, 2.45) is 0 Å². The highest BCUT2D eigenvalue weighted by Gasteiger charge is 2.42. The van der Waals surface area contributed by atoms with Gasteiger partial charge in [0.25, 0.3) is 0 Å². The van der Waals surface area contributed by atoms with Crippen molar-refractivity contribution >= 4 is 23.7 Å². The minimum atomic E-state index is -0.0355. The molecule has 0 saturated carbocycles. The first kappa shape index (κ1) is 15.4. The van der Waals surface area contributed by atoms with Crippen LogP contribution in [-0.4, -0.2) is 41.6 Å². The van der Waals surface area contributed by atoms with Crippen LogP contribution in [0.15, 0.2) is 0 Å². The molecule has 3 atom stereocenters. The van der Waals surface area contributed by atoms with Gasteiger partial charge < -0.3 is 10.6 Å². The Balaban J connectivity index is 1.55. The number of amides is 3. The van der Waals surface area contributed by atoms with Gasteiger partial charge in [0.1, 0.15) is 0 Å². The number of hydrogen-bond acceptors (Lipinski definition) is 4. The van der Waals surface area contributed by atoms with Crippen LogP contribution < -0.4 is 21.5 Å². The lowest BCUT2D eigenvalue weighted by molar-refractivity contribution is -0.122. The topological polar surface area (TPSA) is 82.3 Å². The Hall–Kier alpha value is -0.950. The van der Waals surface area contributed by atoms with Crippen LogP contribution in [0.5, 0.6) is 0 Å². The normalized spacial score (nSPS) is 27.9. The van der Waals surface area contributed by atoms with Crippen molar-refractivity contribution in [2.75, 3.05) is 12.3 Å². The lowest BCUT2D eigenvalue weighted by Crippen LogP contribution is -2.37. The summed E-state index contributed by atoms with van der Waals surface area (Å²) >= 11 is 1.92. The molecule has 0 unspecified atom stereocenters. The predicted octanol–water partition coefficient (Wildman–Crippen LogP) is 0.743. The lowest BCUT2D eigenvalue weighted by Gasteiger charge is -2.16. The second-order valence-electron chi connectivity index (χ2n) is 5.34. The minimum absolute atomic E-state index is 0.0355. The summed E-state index contributed by atoms with van der Waals surface area (Å²) in [6, 6.07) is 0.526. The number of nitrogens with one attached hydrogen (secondary N) is 4. The number of urea groups is 1. The second-order valence-corrected chi connectivity index (χ2v) is 6.61. The molecule has 2 rings (SSSR count). The Bertz CT molecular complexity index is 353. The van der Waals surface area contributed by atoms with Crippen LogP contribution in [0.3, 0.4) is 0 Å². The number of rotatable bonds is 8. The number of carbonyl (C=O) groups excluding carboxylic acids is 2. The van der Waals surface area contributed by atoms with E-state index in [0.717, 1.165) is 38.0 Å². The summed E-state index contributed by atoms with van der Waals surface area (Å²) in [6.45, 7) is 2.86. The molecule has 2 fully saturated rings. The molecule has 0 aliphatic carbocycles. The van der Waals surface area contributed by atoms with E-state index in [2.05, 4.69) is 28.4 Å². The van der Waals surface area contributed by atoms with Gasteiger partial charge in [0, 0.05) is 24.0 Å². The molecule has 4 N–H and O–H groups in total. The number of hydrogen-bond donors (Lipinski definition) is 4. The third-order valence-corrected chi connectivity index (χ3v) is 5.19. The molecular formula is C13H24N4O2S. The third-order valence-electron chi connectivity index (χ3n) is 3.68. The molecule has 6 nitrogen and oxygen atoms in total. The van der Waals surface area contributed by atoms with Crippen molar-refractivity contribution in [3.05, 3.63) is 0 Å². The first-order valence-electron chi connectivity index (χ1n) is 7.41. The van der Waals surface area contributed by atoms with Crippen LogP contribution in [0, 0.1) is 0 Å². The zero-order valence-corrected chi connectivity index (χ0v) is 12.7.